The summed E-state index contributed by atoms with van der Waals surface area (Å²) in [7, 11) is 0. The van der Waals surface area contributed by atoms with Crippen LogP contribution in [-0.4, -0.2) is 28.0 Å². The Kier molecular flexibility index (Phi) is 5.48. The molecule has 1 aliphatic rings. The van der Waals surface area contributed by atoms with Crippen LogP contribution in [0.15, 0.2) is 83.9 Å². The fourth-order valence-electron chi connectivity index (χ4n) is 3.98. The summed E-state index contributed by atoms with van der Waals surface area (Å²) in [5.41, 5.74) is 3.60. The maximum absolute atomic E-state index is 13.1. The zero-order valence-electron chi connectivity index (χ0n) is 17.9. The normalized spacial score (nSPS) is 15.9. The van der Waals surface area contributed by atoms with Crippen molar-refractivity contribution in [1.82, 2.24) is 4.98 Å². The molecule has 1 aliphatic heterocycles. The number of aromatic nitrogens is 1. The molecule has 3 aromatic carbocycles. The zero-order valence-corrected chi connectivity index (χ0v) is 18.7. The number of rotatable bonds is 5. The van der Waals surface area contributed by atoms with Crippen LogP contribution in [0.1, 0.15) is 22.3 Å². The molecular weight excluding hydrogens is 434 g/mol. The minimum atomic E-state index is -0.515. The molecule has 1 fully saturated rings. The Morgan fingerprint density at radius 3 is 2.73 bits per heavy atom. The van der Waals surface area contributed by atoms with Crippen LogP contribution in [0.4, 0.5) is 11.4 Å². The van der Waals surface area contributed by atoms with Gasteiger partial charge in [0.25, 0.3) is 5.91 Å². The van der Waals surface area contributed by atoms with Gasteiger partial charge in [-0.1, -0.05) is 30.3 Å². The fourth-order valence-corrected chi connectivity index (χ4v) is 5.09. The van der Waals surface area contributed by atoms with Crippen molar-refractivity contribution < 1.29 is 14.4 Å². The first-order chi connectivity index (χ1) is 16.0. The molecule has 7 heteroatoms. The van der Waals surface area contributed by atoms with Crippen LogP contribution in [0, 0.1) is 6.92 Å². The molecule has 0 saturated carbocycles. The van der Waals surface area contributed by atoms with E-state index in [4.69, 9.17) is 0 Å². The Labute approximate surface area is 195 Å². The topological polar surface area (TPSA) is 82.3 Å². The van der Waals surface area contributed by atoms with Crippen molar-refractivity contribution in [3.8, 4) is 0 Å². The van der Waals surface area contributed by atoms with Gasteiger partial charge in [-0.15, -0.1) is 11.8 Å². The minimum Gasteiger partial charge on any atom is -0.361 e. The summed E-state index contributed by atoms with van der Waals surface area (Å²) in [5, 5.41) is 3.42. The number of carbonyl (C=O) groups is 3. The van der Waals surface area contributed by atoms with Crippen molar-refractivity contribution in [2.24, 2.45) is 0 Å². The van der Waals surface area contributed by atoms with Gasteiger partial charge in [-0.05, 0) is 60.3 Å². The van der Waals surface area contributed by atoms with E-state index in [9.17, 15) is 14.4 Å². The van der Waals surface area contributed by atoms with Gasteiger partial charge in [-0.3, -0.25) is 14.4 Å². The van der Waals surface area contributed by atoms with Gasteiger partial charge in [0.1, 0.15) is 0 Å². The number of fused-ring (bicyclic) bond motifs is 1. The Hall–Kier alpha value is -3.84. The molecule has 6 nitrogen and oxygen atoms in total. The van der Waals surface area contributed by atoms with E-state index < -0.39 is 5.25 Å². The molecule has 4 aromatic rings. The van der Waals surface area contributed by atoms with E-state index in [1.54, 1.807) is 18.2 Å². The highest BCUT2D eigenvalue weighted by Gasteiger charge is 2.40. The molecule has 3 amide bonds. The summed E-state index contributed by atoms with van der Waals surface area (Å²) in [5.74, 6) is -0.633. The van der Waals surface area contributed by atoms with E-state index in [2.05, 4.69) is 10.3 Å². The van der Waals surface area contributed by atoms with E-state index in [0.717, 1.165) is 21.4 Å². The maximum Gasteiger partial charge on any atom is 0.255 e. The van der Waals surface area contributed by atoms with E-state index in [1.807, 2.05) is 67.7 Å². The van der Waals surface area contributed by atoms with Crippen molar-refractivity contribution in [2.75, 3.05) is 10.2 Å². The Morgan fingerprint density at radius 2 is 1.88 bits per heavy atom. The van der Waals surface area contributed by atoms with Gasteiger partial charge in [0, 0.05) is 34.3 Å². The summed E-state index contributed by atoms with van der Waals surface area (Å²) in [6.45, 7) is 1.89. The molecule has 2 N–H and O–H groups in total. The second-order valence-electron chi connectivity index (χ2n) is 7.92. The molecule has 1 aromatic heterocycles. The molecule has 0 aliphatic carbocycles. The van der Waals surface area contributed by atoms with Gasteiger partial charge in [0.05, 0.1) is 10.9 Å². The van der Waals surface area contributed by atoms with Gasteiger partial charge in [-0.2, -0.15) is 0 Å². The molecule has 1 saturated heterocycles. The SMILES string of the molecule is Cc1ccccc1C(=O)Nc1cccc(SC2CC(=O)N(c3ccc4cc[nH]c4c3)C2=O)c1. The van der Waals surface area contributed by atoms with Crippen LogP contribution in [0.3, 0.4) is 0 Å². The Balaban J connectivity index is 1.31. The standard InChI is InChI=1S/C26H21N3O3S/c1-16-5-2-3-8-21(16)25(31)28-18-6-4-7-20(13-18)33-23-15-24(30)29(26(23)32)19-10-9-17-11-12-27-22(17)14-19/h2-14,23,27H,15H2,1H3,(H,28,31). The lowest BCUT2D eigenvalue weighted by Crippen LogP contribution is -2.31. The van der Waals surface area contributed by atoms with E-state index in [-0.39, 0.29) is 24.1 Å². The molecule has 2 heterocycles. The summed E-state index contributed by atoms with van der Waals surface area (Å²) < 4.78 is 0. The number of nitrogens with one attached hydrogen (secondary N) is 2. The molecule has 1 unspecified atom stereocenters. The number of thioether (sulfide) groups is 1. The van der Waals surface area contributed by atoms with Crippen LogP contribution in [-0.2, 0) is 9.59 Å². The average molecular weight is 456 g/mol. The van der Waals surface area contributed by atoms with Crippen molar-refractivity contribution in [2.45, 2.75) is 23.5 Å². The monoisotopic (exact) mass is 455 g/mol. The number of aromatic amines is 1. The lowest BCUT2D eigenvalue weighted by molar-refractivity contribution is -0.121. The van der Waals surface area contributed by atoms with Crippen molar-refractivity contribution in [1.29, 1.82) is 0 Å². The fraction of sp³-hybridized carbons (Fsp3) is 0.115. The first-order valence-corrected chi connectivity index (χ1v) is 11.5. The van der Waals surface area contributed by atoms with Crippen LogP contribution in [0.5, 0.6) is 0 Å². The molecule has 0 radical (unpaired) electrons. The average Bonchev–Trinajstić information content (AvgIpc) is 3.37. The first kappa shape index (κ1) is 21.0. The van der Waals surface area contributed by atoms with Crippen LogP contribution in [0.25, 0.3) is 10.9 Å². The lowest BCUT2D eigenvalue weighted by Gasteiger charge is -2.15. The molecule has 1 atom stereocenters. The molecular formula is C26H21N3O3S. The second-order valence-corrected chi connectivity index (χ2v) is 9.20. The van der Waals surface area contributed by atoms with E-state index >= 15 is 0 Å². The predicted molar refractivity (Wildman–Crippen MR) is 131 cm³/mol. The third-order valence-electron chi connectivity index (χ3n) is 5.66. The number of benzene rings is 3. The number of nitrogens with zero attached hydrogens (tertiary/aromatic N) is 1. The predicted octanol–water partition coefficient (Wildman–Crippen LogP) is 5.15. The molecule has 33 heavy (non-hydrogen) atoms. The molecule has 5 rings (SSSR count). The highest BCUT2D eigenvalue weighted by molar-refractivity contribution is 8.00. The summed E-state index contributed by atoms with van der Waals surface area (Å²) in [4.78, 5) is 43.6. The van der Waals surface area contributed by atoms with Crippen molar-refractivity contribution in [3.63, 3.8) is 0 Å². The van der Waals surface area contributed by atoms with Gasteiger partial charge >= 0.3 is 0 Å². The van der Waals surface area contributed by atoms with Gasteiger partial charge in [-0.25, -0.2) is 4.90 Å². The number of amides is 3. The Morgan fingerprint density at radius 1 is 1.03 bits per heavy atom. The summed E-state index contributed by atoms with van der Waals surface area (Å²) in [6.07, 6.45) is 1.96. The number of anilines is 2. The second kappa shape index (κ2) is 8.60. The van der Waals surface area contributed by atoms with E-state index in [0.29, 0.717) is 16.9 Å². The first-order valence-electron chi connectivity index (χ1n) is 10.6. The highest BCUT2D eigenvalue weighted by atomic mass is 32.2. The van der Waals surface area contributed by atoms with Gasteiger partial charge in [0.2, 0.25) is 11.8 Å². The molecule has 0 bridgehead atoms. The third kappa shape index (κ3) is 4.15. The number of aryl methyl sites for hydroxylation is 1. The lowest BCUT2D eigenvalue weighted by atomic mass is 10.1. The van der Waals surface area contributed by atoms with Gasteiger partial charge < -0.3 is 10.3 Å². The van der Waals surface area contributed by atoms with Crippen molar-refractivity contribution >= 4 is 51.8 Å². The number of hydrogen-bond acceptors (Lipinski definition) is 4. The Bertz CT molecular complexity index is 1390. The number of H-pyrrole nitrogens is 1. The minimum absolute atomic E-state index is 0.131. The van der Waals surface area contributed by atoms with Crippen LogP contribution >= 0.6 is 11.8 Å². The third-order valence-corrected chi connectivity index (χ3v) is 6.84. The number of hydrogen-bond donors (Lipinski definition) is 2. The van der Waals surface area contributed by atoms with E-state index in [1.165, 1.54) is 16.7 Å². The van der Waals surface area contributed by atoms with Crippen LogP contribution in [0.2, 0.25) is 0 Å². The quantitative estimate of drug-likeness (QED) is 0.408. The van der Waals surface area contributed by atoms with Crippen molar-refractivity contribution in [3.05, 3.63) is 90.1 Å². The molecule has 0 spiro atoms. The number of imide groups is 1. The van der Waals surface area contributed by atoms with Gasteiger partial charge in [0.15, 0.2) is 0 Å². The largest absolute Gasteiger partial charge is 0.361 e. The smallest absolute Gasteiger partial charge is 0.255 e. The highest BCUT2D eigenvalue weighted by Crippen LogP contribution is 2.35. The maximum atomic E-state index is 13.1. The summed E-state index contributed by atoms with van der Waals surface area (Å²) >= 11 is 1.34. The summed E-state index contributed by atoms with van der Waals surface area (Å²) in [6, 6.07) is 22.2. The zero-order chi connectivity index (χ0) is 22.9. The van der Waals surface area contributed by atoms with Crippen LogP contribution < -0.4 is 10.2 Å². The molecule has 164 valence electrons. The number of carbonyl (C=O) groups excluding carboxylic acids is 3.